The molecule has 2 fully saturated rings. The maximum atomic E-state index is 12.6. The Morgan fingerprint density at radius 2 is 2.08 bits per heavy atom. The molecule has 0 spiro atoms. The molecule has 0 amide bonds. The quantitative estimate of drug-likeness (QED) is 0.389. The van der Waals surface area contributed by atoms with Crippen LogP contribution in [0.1, 0.15) is 36.9 Å². The highest BCUT2D eigenvalue weighted by Crippen LogP contribution is 2.30. The van der Waals surface area contributed by atoms with E-state index in [0.717, 1.165) is 48.7 Å². The van der Waals surface area contributed by atoms with Gasteiger partial charge in [-0.2, -0.15) is 13.2 Å². The van der Waals surface area contributed by atoms with Gasteiger partial charge < -0.3 is 10.2 Å². The highest BCUT2D eigenvalue weighted by molar-refractivity contribution is 14.0. The van der Waals surface area contributed by atoms with E-state index in [2.05, 4.69) is 25.1 Å². The summed E-state index contributed by atoms with van der Waals surface area (Å²) in [5.74, 6) is 0.771. The van der Waals surface area contributed by atoms with Crippen LogP contribution in [0.3, 0.4) is 0 Å². The van der Waals surface area contributed by atoms with Crippen LogP contribution in [0.2, 0.25) is 0 Å². The first kappa shape index (κ1) is 21.7. The molecule has 1 aromatic heterocycles. The maximum Gasteiger partial charge on any atom is 0.434 e. The predicted molar refractivity (Wildman–Crippen MR) is 108 cm³/mol. The zero-order valence-corrected chi connectivity index (χ0v) is 17.9. The summed E-state index contributed by atoms with van der Waals surface area (Å²) < 4.78 is 37.9. The van der Waals surface area contributed by atoms with Crippen molar-refractivity contribution >= 4 is 41.3 Å². The monoisotopic (exact) mass is 503 g/mol. The van der Waals surface area contributed by atoms with Crippen LogP contribution in [0.5, 0.6) is 0 Å². The Kier molecular flexibility index (Phi) is 7.95. The van der Waals surface area contributed by atoms with Gasteiger partial charge in [-0.3, -0.25) is 4.90 Å². The minimum absolute atomic E-state index is 0. The number of hydrogen-bond acceptors (Lipinski definition) is 4. The van der Waals surface area contributed by atoms with Crippen molar-refractivity contribution in [2.75, 3.05) is 32.7 Å². The second kappa shape index (κ2) is 9.54. The molecule has 0 bridgehead atoms. The fourth-order valence-corrected chi connectivity index (χ4v) is 4.15. The van der Waals surface area contributed by atoms with Crippen molar-refractivity contribution in [3.63, 3.8) is 0 Å². The molecule has 5 nitrogen and oxygen atoms in total. The van der Waals surface area contributed by atoms with E-state index in [1.165, 1.54) is 25.9 Å². The lowest BCUT2D eigenvalue weighted by molar-refractivity contribution is -0.140. The number of guanidine groups is 1. The molecule has 0 saturated carbocycles. The number of alkyl halides is 3. The summed E-state index contributed by atoms with van der Waals surface area (Å²) in [5.41, 5.74) is -0.831. The highest BCUT2D eigenvalue weighted by atomic mass is 127. The van der Waals surface area contributed by atoms with Crippen molar-refractivity contribution in [3.8, 4) is 0 Å². The van der Waals surface area contributed by atoms with Crippen LogP contribution in [-0.4, -0.2) is 59.5 Å². The van der Waals surface area contributed by atoms with Crippen molar-refractivity contribution in [2.45, 2.75) is 44.9 Å². The number of likely N-dealkylation sites (tertiary alicyclic amines) is 2. The molecule has 2 saturated heterocycles. The third-order valence-electron chi connectivity index (χ3n) is 4.66. The molecule has 0 radical (unpaired) electrons. The van der Waals surface area contributed by atoms with Crippen molar-refractivity contribution < 1.29 is 13.2 Å². The molecule has 3 rings (SSSR count). The van der Waals surface area contributed by atoms with Gasteiger partial charge in [0.25, 0.3) is 0 Å². The number of nitrogens with zero attached hydrogens (tertiary/aromatic N) is 4. The number of aliphatic imine (C=N–C) groups is 1. The van der Waals surface area contributed by atoms with E-state index < -0.39 is 11.9 Å². The van der Waals surface area contributed by atoms with Crippen molar-refractivity contribution in [1.29, 1.82) is 0 Å². The summed E-state index contributed by atoms with van der Waals surface area (Å²) >= 11 is 1.01. The van der Waals surface area contributed by atoms with E-state index in [0.29, 0.717) is 11.0 Å². The molecule has 1 aromatic rings. The van der Waals surface area contributed by atoms with Crippen LogP contribution < -0.4 is 5.32 Å². The topological polar surface area (TPSA) is 43.8 Å². The maximum absolute atomic E-state index is 12.6. The van der Waals surface area contributed by atoms with Crippen LogP contribution in [0.25, 0.3) is 0 Å². The van der Waals surface area contributed by atoms with Crippen molar-refractivity contribution in [3.05, 3.63) is 16.1 Å². The van der Waals surface area contributed by atoms with Crippen LogP contribution in [0.15, 0.2) is 10.4 Å². The molecule has 0 aliphatic carbocycles. The van der Waals surface area contributed by atoms with Gasteiger partial charge in [-0.25, -0.2) is 9.98 Å². The second-order valence-corrected chi connectivity index (χ2v) is 7.37. The summed E-state index contributed by atoms with van der Waals surface area (Å²) in [7, 11) is 0. The molecule has 1 unspecified atom stereocenters. The molecular weight excluding hydrogens is 478 g/mol. The van der Waals surface area contributed by atoms with Gasteiger partial charge in [0.1, 0.15) is 5.01 Å². The van der Waals surface area contributed by atoms with Gasteiger partial charge in [0.05, 0.1) is 6.54 Å². The number of nitrogens with one attached hydrogen (secondary N) is 1. The van der Waals surface area contributed by atoms with E-state index in [9.17, 15) is 13.2 Å². The lowest BCUT2D eigenvalue weighted by atomic mass is 10.2. The van der Waals surface area contributed by atoms with Crippen LogP contribution in [0, 0.1) is 0 Å². The Bertz CT molecular complexity index is 601. The normalized spacial score (nSPS) is 21.9. The van der Waals surface area contributed by atoms with Crippen molar-refractivity contribution in [2.24, 2.45) is 4.99 Å². The summed E-state index contributed by atoms with van der Waals surface area (Å²) in [6, 6.07) is 0.558. The van der Waals surface area contributed by atoms with Gasteiger partial charge in [0, 0.05) is 31.1 Å². The number of aromatic nitrogens is 1. The average molecular weight is 503 g/mol. The van der Waals surface area contributed by atoms with E-state index in [4.69, 9.17) is 0 Å². The first-order chi connectivity index (χ1) is 12.0. The molecule has 148 valence electrons. The summed E-state index contributed by atoms with van der Waals surface area (Å²) in [4.78, 5) is 12.9. The first-order valence-electron chi connectivity index (χ1n) is 8.76. The van der Waals surface area contributed by atoms with Gasteiger partial charge in [-0.1, -0.05) is 0 Å². The fraction of sp³-hybridized carbons (Fsp3) is 0.750. The number of thiazole rings is 1. The summed E-state index contributed by atoms with van der Waals surface area (Å²) in [5, 5.41) is 4.69. The molecule has 2 aliphatic rings. The van der Waals surface area contributed by atoms with Crippen molar-refractivity contribution in [1.82, 2.24) is 20.1 Å². The molecule has 0 aromatic carbocycles. The third-order valence-corrected chi connectivity index (χ3v) is 5.49. The standard InChI is InChI=1S/C16H24F3N5S.HI/c1-2-20-15(21-9-14-22-13(11-25-14)16(17,18)19)24-8-5-12(10-24)23-6-3-4-7-23;/h11-12H,2-10H2,1H3,(H,20,21);1H. The Labute approximate surface area is 173 Å². The smallest absolute Gasteiger partial charge is 0.357 e. The second-order valence-electron chi connectivity index (χ2n) is 6.43. The van der Waals surface area contributed by atoms with Crippen LogP contribution in [-0.2, 0) is 12.7 Å². The Hall–Kier alpha value is -0.620. The Balaban J connectivity index is 0.00000243. The van der Waals surface area contributed by atoms with Crippen LogP contribution >= 0.6 is 35.3 Å². The van der Waals surface area contributed by atoms with E-state index in [1.807, 2.05) is 6.92 Å². The zero-order valence-electron chi connectivity index (χ0n) is 14.8. The number of halogens is 4. The van der Waals surface area contributed by atoms with E-state index in [-0.39, 0.29) is 30.5 Å². The summed E-state index contributed by atoms with van der Waals surface area (Å²) in [6.45, 7) is 7.10. The average Bonchev–Trinajstić information content (AvgIpc) is 3.31. The SMILES string of the molecule is CCNC(=NCc1nc(C(F)(F)F)cs1)N1CCC(N2CCCC2)C1.I. The largest absolute Gasteiger partial charge is 0.434 e. The Morgan fingerprint density at radius 3 is 2.69 bits per heavy atom. The Morgan fingerprint density at radius 1 is 1.35 bits per heavy atom. The number of rotatable bonds is 4. The van der Waals surface area contributed by atoms with E-state index >= 15 is 0 Å². The first-order valence-corrected chi connectivity index (χ1v) is 9.64. The molecule has 2 aliphatic heterocycles. The van der Waals surface area contributed by atoms with Gasteiger partial charge in [0.15, 0.2) is 11.7 Å². The van der Waals surface area contributed by atoms with Crippen LogP contribution in [0.4, 0.5) is 13.2 Å². The van der Waals surface area contributed by atoms with Gasteiger partial charge >= 0.3 is 6.18 Å². The molecule has 3 heterocycles. The minimum Gasteiger partial charge on any atom is -0.357 e. The molecular formula is C16H25F3IN5S. The van der Waals surface area contributed by atoms with Gasteiger partial charge in [-0.15, -0.1) is 35.3 Å². The molecule has 1 N–H and O–H groups in total. The van der Waals surface area contributed by atoms with E-state index in [1.54, 1.807) is 0 Å². The lowest BCUT2D eigenvalue weighted by Crippen LogP contribution is -2.42. The highest BCUT2D eigenvalue weighted by Gasteiger charge is 2.34. The molecule has 1 atom stereocenters. The number of hydrogen-bond donors (Lipinski definition) is 1. The zero-order chi connectivity index (χ0) is 17.9. The fourth-order valence-electron chi connectivity index (χ4n) is 3.42. The minimum atomic E-state index is -4.39. The predicted octanol–water partition coefficient (Wildman–Crippen LogP) is 3.42. The van der Waals surface area contributed by atoms with Gasteiger partial charge in [0.2, 0.25) is 0 Å². The molecule has 26 heavy (non-hydrogen) atoms. The van der Waals surface area contributed by atoms with Gasteiger partial charge in [-0.05, 0) is 39.3 Å². The lowest BCUT2D eigenvalue weighted by Gasteiger charge is -2.25. The summed E-state index contributed by atoms with van der Waals surface area (Å²) in [6.07, 6.45) is -0.729. The molecule has 10 heteroatoms. The third kappa shape index (κ3) is 5.44.